The van der Waals surface area contributed by atoms with Gasteiger partial charge in [0.05, 0.1) is 11.6 Å². The number of nitrogens with two attached hydrogens (primary N) is 1. The van der Waals surface area contributed by atoms with Crippen molar-refractivity contribution in [2.45, 2.75) is 12.8 Å². The summed E-state index contributed by atoms with van der Waals surface area (Å²) in [5, 5.41) is 4.11. The molecule has 0 unspecified atom stereocenters. The van der Waals surface area contributed by atoms with Gasteiger partial charge in [0, 0.05) is 11.1 Å². The van der Waals surface area contributed by atoms with Gasteiger partial charge in [-0.3, -0.25) is 9.59 Å². The Morgan fingerprint density at radius 1 is 1.16 bits per heavy atom. The molecule has 0 saturated carbocycles. The summed E-state index contributed by atoms with van der Waals surface area (Å²) >= 11 is 5.92. The monoisotopic (exact) mass is 354 g/mol. The van der Waals surface area contributed by atoms with Gasteiger partial charge in [0.2, 0.25) is 5.82 Å². The Labute approximate surface area is 149 Å². The Morgan fingerprint density at radius 3 is 2.52 bits per heavy atom. The van der Waals surface area contributed by atoms with Crippen LogP contribution >= 0.6 is 11.6 Å². The smallest absolute Gasteiger partial charge is 0.288 e. The molecule has 7 heteroatoms. The number of ketones is 1. The summed E-state index contributed by atoms with van der Waals surface area (Å²) in [5.41, 5.74) is 7.67. The third kappa shape index (κ3) is 3.29. The molecular weight excluding hydrogens is 340 g/mol. The van der Waals surface area contributed by atoms with Gasteiger partial charge < -0.3 is 5.73 Å². The van der Waals surface area contributed by atoms with Gasteiger partial charge in [0.25, 0.3) is 5.91 Å². The number of alkyl halides is 1. The second-order valence-electron chi connectivity index (χ2n) is 5.48. The van der Waals surface area contributed by atoms with Crippen LogP contribution in [-0.4, -0.2) is 26.5 Å². The first kappa shape index (κ1) is 16.9. The Hall–Kier alpha value is -2.99. The van der Waals surface area contributed by atoms with E-state index < -0.39 is 5.91 Å². The molecule has 1 heterocycles. The number of amides is 1. The van der Waals surface area contributed by atoms with Crippen molar-refractivity contribution in [1.29, 1.82) is 0 Å². The van der Waals surface area contributed by atoms with Gasteiger partial charge in [-0.1, -0.05) is 42.0 Å². The second-order valence-corrected chi connectivity index (χ2v) is 5.74. The van der Waals surface area contributed by atoms with Crippen LogP contribution < -0.4 is 5.73 Å². The lowest BCUT2D eigenvalue weighted by molar-refractivity contribution is 0.0989. The van der Waals surface area contributed by atoms with Gasteiger partial charge in [-0.25, -0.2) is 9.67 Å². The van der Waals surface area contributed by atoms with Crippen molar-refractivity contribution in [3.63, 3.8) is 0 Å². The highest BCUT2D eigenvalue weighted by molar-refractivity contribution is 6.17. The van der Waals surface area contributed by atoms with E-state index in [2.05, 4.69) is 10.1 Å². The van der Waals surface area contributed by atoms with Crippen LogP contribution in [0.3, 0.4) is 0 Å². The highest BCUT2D eigenvalue weighted by Crippen LogP contribution is 2.22. The second kappa shape index (κ2) is 6.86. The maximum atomic E-state index is 12.9. The molecule has 2 aromatic carbocycles. The van der Waals surface area contributed by atoms with Gasteiger partial charge in [-0.2, -0.15) is 0 Å². The largest absolute Gasteiger partial charge is 0.363 e. The molecule has 0 spiro atoms. The Kier molecular flexibility index (Phi) is 4.63. The summed E-state index contributed by atoms with van der Waals surface area (Å²) in [6.07, 6.45) is 0. The van der Waals surface area contributed by atoms with E-state index >= 15 is 0 Å². The summed E-state index contributed by atoms with van der Waals surface area (Å²) in [6, 6.07) is 14.3. The molecule has 6 nitrogen and oxygen atoms in total. The number of aryl methyl sites for hydroxylation is 1. The zero-order chi connectivity index (χ0) is 18.0. The molecule has 2 N–H and O–H groups in total. The summed E-state index contributed by atoms with van der Waals surface area (Å²) in [7, 11) is 0. The van der Waals surface area contributed by atoms with Crippen molar-refractivity contribution in [3.05, 3.63) is 76.9 Å². The van der Waals surface area contributed by atoms with Crippen LogP contribution in [0.5, 0.6) is 0 Å². The van der Waals surface area contributed by atoms with E-state index in [1.807, 2.05) is 19.1 Å². The van der Waals surface area contributed by atoms with Crippen LogP contribution in [0.2, 0.25) is 0 Å². The first-order chi connectivity index (χ1) is 12.0. The number of hydrogen-bond acceptors (Lipinski definition) is 4. The predicted molar refractivity (Wildman–Crippen MR) is 94.0 cm³/mol. The third-order valence-corrected chi connectivity index (χ3v) is 3.91. The molecule has 0 aliphatic heterocycles. The van der Waals surface area contributed by atoms with Crippen molar-refractivity contribution >= 4 is 23.3 Å². The lowest BCUT2D eigenvalue weighted by Crippen LogP contribution is -2.14. The molecule has 0 radical (unpaired) electrons. The van der Waals surface area contributed by atoms with Crippen molar-refractivity contribution in [1.82, 2.24) is 14.8 Å². The molecule has 0 atom stereocenters. The third-order valence-electron chi connectivity index (χ3n) is 3.67. The Balaban J connectivity index is 2.18. The first-order valence-electron chi connectivity index (χ1n) is 7.53. The molecule has 0 aliphatic carbocycles. The minimum atomic E-state index is -0.756. The fourth-order valence-electron chi connectivity index (χ4n) is 2.49. The van der Waals surface area contributed by atoms with Gasteiger partial charge in [-0.15, -0.1) is 16.7 Å². The van der Waals surface area contributed by atoms with Crippen LogP contribution in [0, 0.1) is 6.92 Å². The number of halogens is 1. The zero-order valence-corrected chi connectivity index (χ0v) is 14.2. The first-order valence-corrected chi connectivity index (χ1v) is 8.07. The van der Waals surface area contributed by atoms with Crippen LogP contribution in [0.15, 0.2) is 48.5 Å². The van der Waals surface area contributed by atoms with Crippen molar-refractivity contribution < 1.29 is 9.59 Å². The van der Waals surface area contributed by atoms with Crippen molar-refractivity contribution in [3.8, 4) is 5.69 Å². The van der Waals surface area contributed by atoms with E-state index in [1.165, 1.54) is 4.68 Å². The van der Waals surface area contributed by atoms with E-state index in [4.69, 9.17) is 17.3 Å². The van der Waals surface area contributed by atoms with Gasteiger partial charge in [-0.05, 0) is 19.1 Å². The lowest BCUT2D eigenvalue weighted by Gasteiger charge is -2.11. The van der Waals surface area contributed by atoms with Gasteiger partial charge >= 0.3 is 0 Å². The number of aromatic nitrogens is 3. The maximum Gasteiger partial charge on any atom is 0.288 e. The number of carbonyl (C=O) groups is 2. The maximum absolute atomic E-state index is 12.9. The fraction of sp³-hybridized carbons (Fsp3) is 0.111. The van der Waals surface area contributed by atoms with E-state index in [-0.39, 0.29) is 17.5 Å². The molecule has 0 saturated heterocycles. The summed E-state index contributed by atoms with van der Waals surface area (Å²) < 4.78 is 1.39. The molecule has 0 aliphatic rings. The lowest BCUT2D eigenvalue weighted by atomic mass is 10.00. The molecule has 3 aromatic rings. The normalized spacial score (nSPS) is 10.6. The average Bonchev–Trinajstić information content (AvgIpc) is 3.06. The number of benzene rings is 2. The van der Waals surface area contributed by atoms with Gasteiger partial charge in [0.15, 0.2) is 5.78 Å². The SMILES string of the molecule is Cc1ccc(-n2nc(C(N)=O)nc2CCl)c(C(=O)c2ccccc2)c1. The number of rotatable bonds is 5. The number of nitrogens with zero attached hydrogens (tertiary/aromatic N) is 3. The molecule has 1 aromatic heterocycles. The Morgan fingerprint density at radius 2 is 1.88 bits per heavy atom. The number of primary amides is 1. The molecule has 1 amide bonds. The van der Waals surface area contributed by atoms with Crippen LogP contribution in [0.25, 0.3) is 5.69 Å². The van der Waals surface area contributed by atoms with E-state index in [1.54, 1.807) is 36.4 Å². The van der Waals surface area contributed by atoms with Crippen molar-refractivity contribution in [2.24, 2.45) is 5.73 Å². The standard InChI is InChI=1S/C18H15ClN4O2/c1-11-7-8-14(23-15(10-19)21-18(22-23)17(20)25)13(9-11)16(24)12-5-3-2-4-6-12/h2-9H,10H2,1H3,(H2,20,25). The van der Waals surface area contributed by atoms with Crippen molar-refractivity contribution in [2.75, 3.05) is 0 Å². The minimum Gasteiger partial charge on any atom is -0.363 e. The molecule has 0 fully saturated rings. The molecule has 0 bridgehead atoms. The van der Waals surface area contributed by atoms with Crippen LogP contribution in [-0.2, 0) is 5.88 Å². The number of carbonyl (C=O) groups excluding carboxylic acids is 2. The number of hydrogen-bond donors (Lipinski definition) is 1. The Bertz CT molecular complexity index is 951. The van der Waals surface area contributed by atoms with Crippen LogP contribution in [0.4, 0.5) is 0 Å². The molecule has 25 heavy (non-hydrogen) atoms. The minimum absolute atomic E-state index is 0.0210. The fourth-order valence-corrected chi connectivity index (χ4v) is 2.66. The van der Waals surface area contributed by atoms with Gasteiger partial charge in [0.1, 0.15) is 5.82 Å². The van der Waals surface area contributed by atoms with E-state index in [9.17, 15) is 9.59 Å². The highest BCUT2D eigenvalue weighted by atomic mass is 35.5. The molecule has 126 valence electrons. The average molecular weight is 355 g/mol. The molecule has 3 rings (SSSR count). The quantitative estimate of drug-likeness (QED) is 0.563. The molecular formula is C18H15ClN4O2. The summed E-state index contributed by atoms with van der Waals surface area (Å²) in [4.78, 5) is 28.4. The summed E-state index contributed by atoms with van der Waals surface area (Å²) in [5.74, 6) is -0.701. The van der Waals surface area contributed by atoms with E-state index in [0.717, 1.165) is 5.56 Å². The topological polar surface area (TPSA) is 90.9 Å². The highest BCUT2D eigenvalue weighted by Gasteiger charge is 2.20. The van der Waals surface area contributed by atoms with Crippen LogP contribution in [0.1, 0.15) is 37.9 Å². The predicted octanol–water partition coefficient (Wildman–Crippen LogP) is 2.64. The zero-order valence-electron chi connectivity index (χ0n) is 13.4. The summed E-state index contributed by atoms with van der Waals surface area (Å²) in [6.45, 7) is 1.89. The van der Waals surface area contributed by atoms with E-state index in [0.29, 0.717) is 22.6 Å².